The smallest absolute Gasteiger partial charge is 0.304 e. The summed E-state index contributed by atoms with van der Waals surface area (Å²) in [6, 6.07) is 6.75. The van der Waals surface area contributed by atoms with Crippen LogP contribution in [0.15, 0.2) is 36.4 Å². The van der Waals surface area contributed by atoms with E-state index in [1.54, 1.807) is 13.0 Å². The predicted molar refractivity (Wildman–Crippen MR) is 72.1 cm³/mol. The number of halogens is 2. The fraction of sp³-hybridized carbons (Fsp3) is 0.0714. The SMILES string of the molecule is Cc1cc(F)cc(NC(=O)c2ccc([N+](=O)[O-])c(F)c2)c1. The van der Waals surface area contributed by atoms with Crippen molar-refractivity contribution >= 4 is 17.3 Å². The van der Waals surface area contributed by atoms with E-state index in [1.165, 1.54) is 6.07 Å². The largest absolute Gasteiger partial charge is 0.322 e. The molecule has 0 aliphatic carbocycles. The maximum Gasteiger partial charge on any atom is 0.304 e. The van der Waals surface area contributed by atoms with E-state index < -0.39 is 28.2 Å². The molecule has 7 heteroatoms. The number of anilines is 1. The van der Waals surface area contributed by atoms with Crippen molar-refractivity contribution in [3.63, 3.8) is 0 Å². The molecule has 108 valence electrons. The lowest BCUT2D eigenvalue weighted by Gasteiger charge is -2.06. The van der Waals surface area contributed by atoms with Gasteiger partial charge >= 0.3 is 5.69 Å². The number of hydrogen-bond donors (Lipinski definition) is 1. The summed E-state index contributed by atoms with van der Waals surface area (Å²) in [6.45, 7) is 1.66. The molecule has 0 aliphatic heterocycles. The average molecular weight is 292 g/mol. The number of benzene rings is 2. The summed E-state index contributed by atoms with van der Waals surface area (Å²) in [6.07, 6.45) is 0. The number of aryl methyl sites for hydroxylation is 1. The number of hydrogen-bond acceptors (Lipinski definition) is 3. The van der Waals surface area contributed by atoms with E-state index in [9.17, 15) is 23.7 Å². The Morgan fingerprint density at radius 2 is 1.90 bits per heavy atom. The van der Waals surface area contributed by atoms with Crippen LogP contribution in [0.5, 0.6) is 0 Å². The Morgan fingerprint density at radius 1 is 1.19 bits per heavy atom. The molecular weight excluding hydrogens is 282 g/mol. The zero-order valence-electron chi connectivity index (χ0n) is 10.9. The number of rotatable bonds is 3. The number of amides is 1. The number of carbonyl (C=O) groups excluding carboxylic acids is 1. The van der Waals surface area contributed by atoms with Crippen LogP contribution in [0.4, 0.5) is 20.2 Å². The van der Waals surface area contributed by atoms with Gasteiger partial charge in [0, 0.05) is 17.3 Å². The molecular formula is C14H10F2N2O3. The van der Waals surface area contributed by atoms with E-state index in [-0.39, 0.29) is 11.3 Å². The van der Waals surface area contributed by atoms with Crippen molar-refractivity contribution in [2.24, 2.45) is 0 Å². The van der Waals surface area contributed by atoms with Crippen LogP contribution >= 0.6 is 0 Å². The summed E-state index contributed by atoms with van der Waals surface area (Å²) in [5.74, 6) is -2.31. The monoisotopic (exact) mass is 292 g/mol. The quantitative estimate of drug-likeness (QED) is 0.695. The molecule has 0 atom stereocenters. The molecule has 0 unspecified atom stereocenters. The van der Waals surface area contributed by atoms with E-state index in [2.05, 4.69) is 5.32 Å². The van der Waals surface area contributed by atoms with Crippen molar-refractivity contribution in [3.05, 3.63) is 69.3 Å². The minimum atomic E-state index is -1.11. The zero-order chi connectivity index (χ0) is 15.6. The highest BCUT2D eigenvalue weighted by Gasteiger charge is 2.16. The molecule has 0 spiro atoms. The van der Waals surface area contributed by atoms with Gasteiger partial charge in [-0.2, -0.15) is 4.39 Å². The van der Waals surface area contributed by atoms with Crippen molar-refractivity contribution in [1.29, 1.82) is 0 Å². The number of nitrogens with one attached hydrogen (secondary N) is 1. The molecule has 2 rings (SSSR count). The van der Waals surface area contributed by atoms with Gasteiger partial charge in [-0.25, -0.2) is 4.39 Å². The van der Waals surface area contributed by atoms with Crippen molar-refractivity contribution in [2.75, 3.05) is 5.32 Å². The Labute approximate surface area is 118 Å². The third kappa shape index (κ3) is 3.38. The maximum atomic E-state index is 13.4. The van der Waals surface area contributed by atoms with Gasteiger partial charge in [0.05, 0.1) is 4.92 Å². The Balaban J connectivity index is 2.24. The van der Waals surface area contributed by atoms with Crippen molar-refractivity contribution in [2.45, 2.75) is 6.92 Å². The summed E-state index contributed by atoms with van der Waals surface area (Å²) in [7, 11) is 0. The van der Waals surface area contributed by atoms with Crippen molar-refractivity contribution in [3.8, 4) is 0 Å². The second-order valence-corrected chi connectivity index (χ2v) is 4.39. The van der Waals surface area contributed by atoms with Gasteiger partial charge in [0.1, 0.15) is 5.82 Å². The Kier molecular flexibility index (Phi) is 3.93. The predicted octanol–water partition coefficient (Wildman–Crippen LogP) is 3.43. The first-order valence-electron chi connectivity index (χ1n) is 5.89. The first kappa shape index (κ1) is 14.6. The molecule has 1 N–H and O–H groups in total. The van der Waals surface area contributed by atoms with Gasteiger partial charge in [-0.3, -0.25) is 14.9 Å². The zero-order valence-corrected chi connectivity index (χ0v) is 10.9. The van der Waals surface area contributed by atoms with Gasteiger partial charge in [0.15, 0.2) is 0 Å². The van der Waals surface area contributed by atoms with Gasteiger partial charge in [-0.15, -0.1) is 0 Å². The molecule has 0 saturated carbocycles. The summed E-state index contributed by atoms with van der Waals surface area (Å²) in [4.78, 5) is 21.5. The lowest BCUT2D eigenvalue weighted by molar-refractivity contribution is -0.387. The maximum absolute atomic E-state index is 13.4. The summed E-state index contributed by atoms with van der Waals surface area (Å²) < 4.78 is 26.6. The van der Waals surface area contributed by atoms with E-state index in [4.69, 9.17) is 0 Å². The highest BCUT2D eigenvalue weighted by atomic mass is 19.1. The van der Waals surface area contributed by atoms with Crippen LogP contribution in [0.3, 0.4) is 0 Å². The third-order valence-corrected chi connectivity index (χ3v) is 2.71. The lowest BCUT2D eigenvalue weighted by atomic mass is 10.1. The normalized spacial score (nSPS) is 10.2. The fourth-order valence-corrected chi connectivity index (χ4v) is 1.81. The van der Waals surface area contributed by atoms with E-state index in [1.807, 2.05) is 0 Å². The molecule has 0 aromatic heterocycles. The highest BCUT2D eigenvalue weighted by Crippen LogP contribution is 2.19. The molecule has 5 nitrogen and oxygen atoms in total. The molecule has 0 bridgehead atoms. The van der Waals surface area contributed by atoms with Crippen LogP contribution in [0.25, 0.3) is 0 Å². The Hall–Kier alpha value is -2.83. The average Bonchev–Trinajstić information content (AvgIpc) is 2.36. The standard InChI is InChI=1S/C14H10F2N2O3/c1-8-4-10(15)7-11(5-8)17-14(19)9-2-3-13(18(20)21)12(16)6-9/h2-7H,1H3,(H,17,19). The summed E-state index contributed by atoms with van der Waals surface area (Å²) in [5.41, 5.74) is 0.0182. The lowest BCUT2D eigenvalue weighted by Crippen LogP contribution is -2.12. The van der Waals surface area contributed by atoms with Crippen LogP contribution in [0.1, 0.15) is 15.9 Å². The van der Waals surface area contributed by atoms with E-state index in [0.717, 1.165) is 24.3 Å². The van der Waals surface area contributed by atoms with Crippen LogP contribution in [0.2, 0.25) is 0 Å². The minimum Gasteiger partial charge on any atom is -0.322 e. The third-order valence-electron chi connectivity index (χ3n) is 2.71. The van der Waals surface area contributed by atoms with Gasteiger partial charge in [-0.05, 0) is 42.8 Å². The molecule has 21 heavy (non-hydrogen) atoms. The number of nitro benzene ring substituents is 1. The molecule has 0 radical (unpaired) electrons. The Morgan fingerprint density at radius 3 is 2.48 bits per heavy atom. The second-order valence-electron chi connectivity index (χ2n) is 4.39. The molecule has 1 amide bonds. The van der Waals surface area contributed by atoms with Gasteiger partial charge in [-0.1, -0.05) is 0 Å². The summed E-state index contributed by atoms with van der Waals surface area (Å²) >= 11 is 0. The number of nitro groups is 1. The van der Waals surface area contributed by atoms with Crippen molar-refractivity contribution < 1.29 is 18.5 Å². The topological polar surface area (TPSA) is 72.2 Å². The van der Waals surface area contributed by atoms with Gasteiger partial charge in [0.2, 0.25) is 5.82 Å². The van der Waals surface area contributed by atoms with E-state index in [0.29, 0.717) is 5.56 Å². The van der Waals surface area contributed by atoms with E-state index >= 15 is 0 Å². The first-order valence-corrected chi connectivity index (χ1v) is 5.89. The second kappa shape index (κ2) is 5.66. The molecule has 2 aromatic carbocycles. The first-order chi connectivity index (χ1) is 9.86. The highest BCUT2D eigenvalue weighted by molar-refractivity contribution is 6.04. The molecule has 2 aromatic rings. The van der Waals surface area contributed by atoms with Crippen LogP contribution in [0, 0.1) is 28.7 Å². The van der Waals surface area contributed by atoms with Crippen molar-refractivity contribution in [1.82, 2.24) is 0 Å². The number of nitrogens with zero attached hydrogens (tertiary/aromatic N) is 1. The molecule has 0 heterocycles. The molecule has 0 aliphatic rings. The number of carbonyl (C=O) groups is 1. The van der Waals surface area contributed by atoms with Crippen LogP contribution < -0.4 is 5.32 Å². The van der Waals surface area contributed by atoms with Gasteiger partial charge in [0.25, 0.3) is 5.91 Å². The fourth-order valence-electron chi connectivity index (χ4n) is 1.81. The van der Waals surface area contributed by atoms with Crippen LogP contribution in [-0.4, -0.2) is 10.8 Å². The van der Waals surface area contributed by atoms with Gasteiger partial charge < -0.3 is 5.32 Å². The minimum absolute atomic E-state index is 0.0972. The molecule has 0 saturated heterocycles. The Bertz CT molecular complexity index is 712. The van der Waals surface area contributed by atoms with Crippen LogP contribution in [-0.2, 0) is 0 Å². The summed E-state index contributed by atoms with van der Waals surface area (Å²) in [5, 5.41) is 12.9. The molecule has 0 fully saturated rings.